The molecule has 2 nitrogen and oxygen atoms in total. The van der Waals surface area contributed by atoms with Gasteiger partial charge < -0.3 is 5.73 Å². The largest absolute Gasteiger partial charge is 0.398 e. The van der Waals surface area contributed by atoms with Gasteiger partial charge in [0, 0.05) is 0 Å². The second kappa shape index (κ2) is 2.76. The average molecular weight is 242 g/mol. The van der Waals surface area contributed by atoms with Crippen LogP contribution in [-0.2, 0) is 17.0 Å². The molecule has 1 aromatic rings. The van der Waals surface area contributed by atoms with Crippen molar-refractivity contribution < 1.29 is 22.3 Å². The minimum absolute atomic E-state index is 0.198. The molecule has 82 valence electrons. The molecule has 1 aromatic carbocycles. The van der Waals surface area contributed by atoms with Crippen molar-refractivity contribution in [2.24, 2.45) is 0 Å². The molecule has 0 radical (unpaired) electrons. The van der Waals surface area contributed by atoms with Gasteiger partial charge in [-0.25, -0.2) is 4.74 Å². The molecule has 0 aromatic heterocycles. The molecule has 0 aliphatic carbocycles. The highest BCUT2D eigenvalue weighted by atomic mass is 35.5. The number of rotatable bonds is 0. The quantitative estimate of drug-likeness (QED) is 0.560. The van der Waals surface area contributed by atoms with Crippen molar-refractivity contribution in [1.29, 1.82) is 0 Å². The zero-order valence-corrected chi connectivity index (χ0v) is 7.79. The Balaban J connectivity index is 2.71. The summed E-state index contributed by atoms with van der Waals surface area (Å²) in [5, 5.41) is -0.213. The Hall–Kier alpha value is -1.01. The number of nitrogens with two attached hydrogens (primary N) is 1. The van der Waals surface area contributed by atoms with Gasteiger partial charge in [0.1, 0.15) is 0 Å². The van der Waals surface area contributed by atoms with E-state index in [0.717, 1.165) is 0 Å². The third-order valence-corrected chi connectivity index (χ3v) is 2.35. The lowest BCUT2D eigenvalue weighted by Gasteiger charge is -2.10. The van der Waals surface area contributed by atoms with Crippen molar-refractivity contribution in [3.8, 4) is 0 Å². The zero-order chi connectivity index (χ0) is 11.4. The molecule has 0 amide bonds. The van der Waals surface area contributed by atoms with Gasteiger partial charge in [0.15, 0.2) is 0 Å². The molecule has 0 unspecified atom stereocenters. The third kappa shape index (κ3) is 1.44. The molecule has 0 fully saturated rings. The second-order valence-electron chi connectivity index (χ2n) is 3.05. The van der Waals surface area contributed by atoms with E-state index in [4.69, 9.17) is 17.3 Å². The van der Waals surface area contributed by atoms with Gasteiger partial charge in [0.25, 0.3) is 0 Å². The van der Waals surface area contributed by atoms with E-state index in [1.807, 2.05) is 0 Å². The summed E-state index contributed by atoms with van der Waals surface area (Å²) >= 11 is 5.45. The molecule has 1 heterocycles. The Kier molecular flexibility index (Phi) is 1.94. The van der Waals surface area contributed by atoms with Crippen LogP contribution in [0.4, 0.5) is 23.2 Å². The summed E-state index contributed by atoms with van der Waals surface area (Å²) in [5.41, 5.74) is 3.14. The number of nitrogen functional groups attached to an aromatic ring is 1. The predicted octanol–water partition coefficient (Wildman–Crippen LogP) is 3.05. The Bertz CT molecular complexity index is 396. The van der Waals surface area contributed by atoms with Crippen molar-refractivity contribution >= 4 is 17.3 Å². The van der Waals surface area contributed by atoms with E-state index < -0.39 is 23.3 Å². The van der Waals surface area contributed by atoms with Crippen molar-refractivity contribution in [3.05, 3.63) is 28.3 Å². The minimum Gasteiger partial charge on any atom is -0.398 e. The topological polar surface area (TPSA) is 35.2 Å². The number of hydrogen-bond acceptors (Lipinski definition) is 2. The number of hydrogen-bond donors (Lipinski definition) is 1. The highest BCUT2D eigenvalue weighted by Crippen LogP contribution is 2.52. The molecule has 0 saturated heterocycles. The highest BCUT2D eigenvalue weighted by molar-refractivity contribution is 6.33. The highest BCUT2D eigenvalue weighted by Gasteiger charge is 2.57. The lowest BCUT2D eigenvalue weighted by atomic mass is 10.1. The van der Waals surface area contributed by atoms with Crippen LogP contribution in [-0.4, -0.2) is 0 Å². The van der Waals surface area contributed by atoms with Crippen molar-refractivity contribution in [2.75, 3.05) is 5.73 Å². The lowest BCUT2D eigenvalue weighted by Crippen LogP contribution is -2.17. The van der Waals surface area contributed by atoms with Crippen LogP contribution < -0.4 is 5.73 Å². The molecule has 0 spiro atoms. The third-order valence-electron chi connectivity index (χ3n) is 2.02. The molecule has 7 heteroatoms. The predicted molar refractivity (Wildman–Crippen MR) is 44.7 cm³/mol. The fourth-order valence-corrected chi connectivity index (χ4v) is 1.51. The monoisotopic (exact) mass is 241 g/mol. The molecule has 2 rings (SSSR count). The Morgan fingerprint density at radius 3 is 2.07 bits per heavy atom. The standard InChI is InChI=1S/C8H4ClF4NO/c9-5-1-3-4(2-6(5)14)8(12,13)15-7(3,10)11/h1-2H,14H2. The van der Waals surface area contributed by atoms with Crippen LogP contribution in [0.2, 0.25) is 5.02 Å². The summed E-state index contributed by atoms with van der Waals surface area (Å²) in [6.07, 6.45) is -8.09. The van der Waals surface area contributed by atoms with Gasteiger partial charge in [0.2, 0.25) is 0 Å². The van der Waals surface area contributed by atoms with Crippen LogP contribution >= 0.6 is 11.6 Å². The maximum Gasteiger partial charge on any atom is 0.388 e. The van der Waals surface area contributed by atoms with E-state index in [1.165, 1.54) is 0 Å². The van der Waals surface area contributed by atoms with E-state index in [1.54, 1.807) is 0 Å². The first-order valence-electron chi connectivity index (χ1n) is 3.80. The molecule has 0 saturated carbocycles. The molecule has 15 heavy (non-hydrogen) atoms. The van der Waals surface area contributed by atoms with Gasteiger partial charge in [-0.1, -0.05) is 11.6 Å². The molecule has 0 bridgehead atoms. The lowest BCUT2D eigenvalue weighted by molar-refractivity contribution is -0.369. The summed E-state index contributed by atoms with van der Waals surface area (Å²) in [5.74, 6) is 0. The van der Waals surface area contributed by atoms with Crippen molar-refractivity contribution in [1.82, 2.24) is 0 Å². The van der Waals surface area contributed by atoms with Crippen LogP contribution in [0.15, 0.2) is 12.1 Å². The molecule has 0 atom stereocenters. The zero-order valence-electron chi connectivity index (χ0n) is 7.03. The maximum atomic E-state index is 12.9. The number of alkyl halides is 4. The Morgan fingerprint density at radius 1 is 1.07 bits per heavy atom. The average Bonchev–Trinajstić information content (AvgIpc) is 2.21. The van der Waals surface area contributed by atoms with Crippen LogP contribution in [0.3, 0.4) is 0 Å². The van der Waals surface area contributed by atoms with E-state index in [9.17, 15) is 17.6 Å². The van der Waals surface area contributed by atoms with E-state index in [0.29, 0.717) is 12.1 Å². The number of benzene rings is 1. The van der Waals surface area contributed by atoms with E-state index in [2.05, 4.69) is 4.74 Å². The number of ether oxygens (including phenoxy) is 1. The summed E-state index contributed by atoms with van der Waals surface area (Å²) in [6.45, 7) is 0. The van der Waals surface area contributed by atoms with Gasteiger partial charge in [-0.05, 0) is 12.1 Å². The maximum absolute atomic E-state index is 12.9. The van der Waals surface area contributed by atoms with Crippen molar-refractivity contribution in [3.63, 3.8) is 0 Å². The van der Waals surface area contributed by atoms with E-state index in [-0.39, 0.29) is 10.7 Å². The molecule has 2 N–H and O–H groups in total. The summed E-state index contributed by atoms with van der Waals surface area (Å²) < 4.78 is 55.1. The van der Waals surface area contributed by atoms with Crippen LogP contribution in [0, 0.1) is 0 Å². The normalized spacial score (nSPS) is 21.4. The Morgan fingerprint density at radius 2 is 1.53 bits per heavy atom. The second-order valence-corrected chi connectivity index (χ2v) is 3.46. The molecule has 1 aliphatic rings. The van der Waals surface area contributed by atoms with Crippen molar-refractivity contribution in [2.45, 2.75) is 12.2 Å². The number of fused-ring (bicyclic) bond motifs is 1. The van der Waals surface area contributed by atoms with Crippen LogP contribution in [0.25, 0.3) is 0 Å². The molecular weight excluding hydrogens is 238 g/mol. The summed E-state index contributed by atoms with van der Waals surface area (Å²) in [6, 6.07) is 1.38. The van der Waals surface area contributed by atoms with Gasteiger partial charge in [0.05, 0.1) is 21.8 Å². The van der Waals surface area contributed by atoms with Gasteiger partial charge in [-0.3, -0.25) is 0 Å². The van der Waals surface area contributed by atoms with Gasteiger partial charge in [-0.15, -0.1) is 0 Å². The first-order chi connectivity index (χ1) is 6.74. The fraction of sp³-hybridized carbons (Fsp3) is 0.250. The first kappa shape index (κ1) is 10.5. The number of anilines is 1. The SMILES string of the molecule is Nc1cc2c(cc1Cl)C(F)(F)OC2(F)F. The smallest absolute Gasteiger partial charge is 0.388 e. The van der Waals surface area contributed by atoms with E-state index >= 15 is 0 Å². The summed E-state index contributed by atoms with van der Waals surface area (Å²) in [4.78, 5) is 0. The van der Waals surface area contributed by atoms with Crippen LogP contribution in [0.1, 0.15) is 11.1 Å². The molecular formula is C8H4ClF4NO. The molecule has 1 aliphatic heterocycles. The summed E-state index contributed by atoms with van der Waals surface area (Å²) in [7, 11) is 0. The van der Waals surface area contributed by atoms with Gasteiger partial charge >= 0.3 is 12.2 Å². The minimum atomic E-state index is -4.05. The number of halogens is 5. The first-order valence-corrected chi connectivity index (χ1v) is 4.17. The Labute approximate surface area is 86.6 Å². The fourth-order valence-electron chi connectivity index (χ4n) is 1.34. The van der Waals surface area contributed by atoms with Gasteiger partial charge in [-0.2, -0.15) is 17.6 Å². The van der Waals surface area contributed by atoms with Crippen LogP contribution in [0.5, 0.6) is 0 Å².